The van der Waals surface area contributed by atoms with Gasteiger partial charge in [-0.05, 0) is 19.1 Å². The maximum Gasteiger partial charge on any atom is 0.376 e. The Morgan fingerprint density at radius 3 is 2.38 bits per heavy atom. The van der Waals surface area contributed by atoms with Crippen LogP contribution in [0.3, 0.4) is 0 Å². The molecule has 0 aromatic heterocycles. The van der Waals surface area contributed by atoms with Gasteiger partial charge in [-0.25, -0.2) is 4.79 Å². The zero-order valence-electron chi connectivity index (χ0n) is 8.38. The Morgan fingerprint density at radius 2 is 1.88 bits per heavy atom. The van der Waals surface area contributed by atoms with Crippen molar-refractivity contribution < 1.29 is 31.3 Å². The van der Waals surface area contributed by atoms with Crippen LogP contribution in [0, 0.1) is 0 Å². The molecule has 0 N–H and O–H groups in total. The minimum atomic E-state index is -1.95. The number of carbonyl (C=O) groups excluding carboxylic acids is 1. The minimum Gasteiger partial charge on any atom is -0.422 e. The number of esters is 1. The Kier molecular flexibility index (Phi) is 7.04. The first-order valence-corrected chi connectivity index (χ1v) is 5.11. The van der Waals surface area contributed by atoms with Crippen LogP contribution in [0.5, 0.6) is 5.75 Å². The van der Waals surface area contributed by atoms with Crippen LogP contribution in [0.25, 0.3) is 0 Å². The van der Waals surface area contributed by atoms with E-state index < -0.39 is 10.5 Å². The van der Waals surface area contributed by atoms with E-state index in [1.807, 2.05) is 0 Å². The van der Waals surface area contributed by atoms with Crippen LogP contribution in [0.4, 0.5) is 0 Å². The van der Waals surface area contributed by atoms with Crippen LogP contribution in [0.1, 0.15) is 6.92 Å². The summed E-state index contributed by atoms with van der Waals surface area (Å²) in [5, 5.41) is 0. The Hall–Kier alpha value is -0.251. The van der Waals surface area contributed by atoms with Crippen molar-refractivity contribution in [2.24, 2.45) is 0 Å². The standard InChI is InChI=1S/C10H10Cl2O3.Cu/c1-2-14-10(11,12)9(13)15-8-6-4-3-5-7-8;/h3-7H,2H2,1H3;. The summed E-state index contributed by atoms with van der Waals surface area (Å²) in [4.78, 5) is 11.4. The molecule has 16 heavy (non-hydrogen) atoms. The van der Waals surface area contributed by atoms with Gasteiger partial charge in [0.1, 0.15) is 5.75 Å². The summed E-state index contributed by atoms with van der Waals surface area (Å²) in [6, 6.07) is 8.50. The minimum absolute atomic E-state index is 0. The van der Waals surface area contributed by atoms with E-state index in [1.54, 1.807) is 37.3 Å². The van der Waals surface area contributed by atoms with Crippen molar-refractivity contribution in [3.8, 4) is 5.75 Å². The van der Waals surface area contributed by atoms with E-state index in [1.165, 1.54) is 0 Å². The smallest absolute Gasteiger partial charge is 0.376 e. The molecular weight excluding hydrogens is 303 g/mol. The van der Waals surface area contributed by atoms with Crippen LogP contribution < -0.4 is 4.74 Å². The largest absolute Gasteiger partial charge is 0.422 e. The van der Waals surface area contributed by atoms with Gasteiger partial charge in [0.2, 0.25) is 0 Å². The average molecular weight is 313 g/mol. The molecule has 1 aromatic carbocycles. The molecule has 0 spiro atoms. The van der Waals surface area contributed by atoms with Crippen molar-refractivity contribution in [1.29, 1.82) is 0 Å². The zero-order chi connectivity index (χ0) is 11.3. The second kappa shape index (κ2) is 7.15. The first-order valence-electron chi connectivity index (χ1n) is 4.35. The summed E-state index contributed by atoms with van der Waals surface area (Å²) in [5.41, 5.74) is 0. The van der Waals surface area contributed by atoms with Crippen molar-refractivity contribution in [3.63, 3.8) is 0 Å². The monoisotopic (exact) mass is 311 g/mol. The molecule has 6 heteroatoms. The number of halogens is 2. The van der Waals surface area contributed by atoms with E-state index in [9.17, 15) is 4.79 Å². The van der Waals surface area contributed by atoms with Crippen LogP contribution in [0.15, 0.2) is 30.3 Å². The van der Waals surface area contributed by atoms with Gasteiger partial charge in [-0.1, -0.05) is 41.4 Å². The fraction of sp³-hybridized carbons (Fsp3) is 0.300. The SMILES string of the molecule is CCOC(Cl)(Cl)C(=O)Oc1ccccc1.[Cu]. The summed E-state index contributed by atoms with van der Waals surface area (Å²) in [6.07, 6.45) is 0. The van der Waals surface area contributed by atoms with Crippen molar-refractivity contribution in [3.05, 3.63) is 30.3 Å². The Labute approximate surface area is 114 Å². The molecule has 1 aromatic rings. The maximum absolute atomic E-state index is 11.4. The molecule has 3 nitrogen and oxygen atoms in total. The van der Waals surface area contributed by atoms with Gasteiger partial charge in [0, 0.05) is 23.7 Å². The third-order valence-electron chi connectivity index (χ3n) is 1.52. The van der Waals surface area contributed by atoms with Crippen LogP contribution in [0.2, 0.25) is 0 Å². The summed E-state index contributed by atoms with van der Waals surface area (Å²) in [7, 11) is 0. The van der Waals surface area contributed by atoms with Crippen molar-refractivity contribution in [2.45, 2.75) is 11.4 Å². The number of hydrogen-bond donors (Lipinski definition) is 0. The molecule has 0 aliphatic carbocycles. The van der Waals surface area contributed by atoms with Gasteiger partial charge in [0.25, 0.3) is 0 Å². The van der Waals surface area contributed by atoms with Gasteiger partial charge in [0.15, 0.2) is 0 Å². The maximum atomic E-state index is 11.4. The molecule has 1 radical (unpaired) electrons. The zero-order valence-corrected chi connectivity index (χ0v) is 10.8. The average Bonchev–Trinajstić information content (AvgIpc) is 2.19. The van der Waals surface area contributed by atoms with E-state index >= 15 is 0 Å². The van der Waals surface area contributed by atoms with Crippen molar-refractivity contribution in [2.75, 3.05) is 6.61 Å². The second-order valence-corrected chi connectivity index (χ2v) is 3.91. The van der Waals surface area contributed by atoms with E-state index in [2.05, 4.69) is 0 Å². The van der Waals surface area contributed by atoms with E-state index in [4.69, 9.17) is 32.7 Å². The molecule has 0 fully saturated rings. The molecule has 0 unspecified atom stereocenters. The number of hydrogen-bond acceptors (Lipinski definition) is 3. The molecule has 0 saturated carbocycles. The fourth-order valence-corrected chi connectivity index (χ4v) is 1.19. The summed E-state index contributed by atoms with van der Waals surface area (Å²) in [5.74, 6) is -0.480. The van der Waals surface area contributed by atoms with Gasteiger partial charge in [-0.15, -0.1) is 0 Å². The normalized spacial score (nSPS) is 10.4. The van der Waals surface area contributed by atoms with Gasteiger partial charge in [-0.2, -0.15) is 0 Å². The number of benzene rings is 1. The fourth-order valence-electron chi connectivity index (χ4n) is 0.895. The topological polar surface area (TPSA) is 35.5 Å². The molecular formula is C10H10Cl2CuO3. The van der Waals surface area contributed by atoms with Crippen LogP contribution in [-0.2, 0) is 26.6 Å². The number of rotatable bonds is 4. The molecule has 0 atom stereocenters. The first kappa shape index (κ1) is 15.7. The van der Waals surface area contributed by atoms with Gasteiger partial charge >= 0.3 is 10.5 Å². The van der Waals surface area contributed by atoms with Crippen molar-refractivity contribution in [1.82, 2.24) is 0 Å². The summed E-state index contributed by atoms with van der Waals surface area (Å²) < 4.78 is 7.77. The predicted molar refractivity (Wildman–Crippen MR) is 58.1 cm³/mol. The summed E-state index contributed by atoms with van der Waals surface area (Å²) >= 11 is 11.2. The molecule has 1 rings (SSSR count). The second-order valence-electron chi connectivity index (χ2n) is 2.65. The number of carbonyl (C=O) groups is 1. The van der Waals surface area contributed by atoms with Gasteiger partial charge < -0.3 is 9.47 Å². The molecule has 0 bridgehead atoms. The molecule has 0 amide bonds. The van der Waals surface area contributed by atoms with E-state index in [0.717, 1.165) is 0 Å². The number of alkyl halides is 2. The van der Waals surface area contributed by atoms with Crippen molar-refractivity contribution >= 4 is 29.2 Å². The van der Waals surface area contributed by atoms with Gasteiger partial charge in [0.05, 0.1) is 0 Å². The predicted octanol–water partition coefficient (Wildman–Crippen LogP) is 2.76. The number of para-hydroxylation sites is 1. The molecule has 0 saturated heterocycles. The quantitative estimate of drug-likeness (QED) is 0.371. The molecule has 93 valence electrons. The third-order valence-corrected chi connectivity index (χ3v) is 2.04. The van der Waals surface area contributed by atoms with Gasteiger partial charge in [-0.3, -0.25) is 0 Å². The van der Waals surface area contributed by atoms with E-state index in [0.29, 0.717) is 5.75 Å². The Balaban J connectivity index is 0.00000225. The van der Waals surface area contributed by atoms with E-state index in [-0.39, 0.29) is 23.7 Å². The number of ether oxygens (including phenoxy) is 2. The Morgan fingerprint density at radius 1 is 1.31 bits per heavy atom. The van der Waals surface area contributed by atoms with Crippen LogP contribution in [-0.4, -0.2) is 17.1 Å². The summed E-state index contributed by atoms with van der Waals surface area (Å²) in [6.45, 7) is 1.90. The molecule has 0 heterocycles. The third kappa shape index (κ3) is 4.72. The molecule has 0 aliphatic heterocycles. The first-order chi connectivity index (χ1) is 7.06. The Bertz CT molecular complexity index is 330. The molecule has 0 aliphatic rings. The van der Waals surface area contributed by atoms with Crippen LogP contribution >= 0.6 is 23.2 Å².